The van der Waals surface area contributed by atoms with Crippen LogP contribution in [0.4, 0.5) is 0 Å². The van der Waals surface area contributed by atoms with Crippen LogP contribution in [0.15, 0.2) is 20.9 Å². The van der Waals surface area contributed by atoms with Crippen LogP contribution < -0.4 is 10.6 Å². The summed E-state index contributed by atoms with van der Waals surface area (Å²) in [5.74, 6) is 1.69. The Morgan fingerprint density at radius 1 is 1.48 bits per heavy atom. The maximum Gasteiger partial charge on any atom is 0.243 e. The summed E-state index contributed by atoms with van der Waals surface area (Å²) in [4.78, 5) is 21.5. The molecule has 0 aliphatic heterocycles. The van der Waals surface area contributed by atoms with E-state index >= 15 is 0 Å². The third-order valence-electron chi connectivity index (χ3n) is 2.46. The molecule has 6 nitrogen and oxygen atoms in total. The van der Waals surface area contributed by atoms with Gasteiger partial charge in [0.25, 0.3) is 0 Å². The highest BCUT2D eigenvalue weighted by molar-refractivity contribution is 8.00. The second-order valence-corrected chi connectivity index (χ2v) is 6.65. The lowest BCUT2D eigenvalue weighted by atomic mass is 10.5. The van der Waals surface area contributed by atoms with Gasteiger partial charge in [0, 0.05) is 44.5 Å². The van der Waals surface area contributed by atoms with Gasteiger partial charge in [0.1, 0.15) is 10.9 Å². The lowest BCUT2D eigenvalue weighted by Crippen LogP contribution is -2.39. The number of thioether (sulfide) groups is 1. The van der Waals surface area contributed by atoms with Gasteiger partial charge < -0.3 is 15.5 Å². The highest BCUT2D eigenvalue weighted by atomic mass is 32.2. The number of rotatable bonds is 8. The standard InChI is InChI=1S/C13H23N5OS2/c1-4-14-12(17-10-11(19)18(2)3)15-6-5-8-20-13-16-7-9-21-13/h7,9H,4-6,8,10H2,1-3H3,(H2,14,15,17). The Kier molecular flexibility index (Phi) is 8.84. The molecule has 8 heteroatoms. The van der Waals surface area contributed by atoms with Crippen LogP contribution >= 0.6 is 23.1 Å². The number of nitrogens with one attached hydrogen (secondary N) is 2. The summed E-state index contributed by atoms with van der Waals surface area (Å²) in [7, 11) is 3.46. The monoisotopic (exact) mass is 329 g/mol. The molecule has 1 heterocycles. The van der Waals surface area contributed by atoms with E-state index in [4.69, 9.17) is 0 Å². The van der Waals surface area contributed by atoms with Crippen LogP contribution in [0.3, 0.4) is 0 Å². The number of carbonyl (C=O) groups is 1. The van der Waals surface area contributed by atoms with E-state index in [-0.39, 0.29) is 12.5 Å². The van der Waals surface area contributed by atoms with E-state index < -0.39 is 0 Å². The zero-order chi connectivity index (χ0) is 15.5. The zero-order valence-corrected chi connectivity index (χ0v) is 14.4. The Morgan fingerprint density at radius 3 is 2.90 bits per heavy atom. The van der Waals surface area contributed by atoms with Crippen molar-refractivity contribution >= 4 is 35.0 Å². The minimum atomic E-state index is -0.00784. The van der Waals surface area contributed by atoms with Crippen molar-refractivity contribution in [2.75, 3.05) is 39.5 Å². The van der Waals surface area contributed by atoms with Gasteiger partial charge in [-0.2, -0.15) is 0 Å². The summed E-state index contributed by atoms with van der Waals surface area (Å²) in [6.45, 7) is 3.76. The second kappa shape index (κ2) is 10.4. The molecule has 0 aliphatic rings. The van der Waals surface area contributed by atoms with Crippen LogP contribution in [0.25, 0.3) is 0 Å². The van der Waals surface area contributed by atoms with Crippen molar-refractivity contribution in [1.29, 1.82) is 0 Å². The first-order valence-electron chi connectivity index (χ1n) is 6.88. The van der Waals surface area contributed by atoms with Crippen molar-refractivity contribution in [1.82, 2.24) is 20.5 Å². The van der Waals surface area contributed by atoms with E-state index in [9.17, 15) is 4.79 Å². The predicted molar refractivity (Wildman–Crippen MR) is 90.1 cm³/mol. The molecule has 21 heavy (non-hydrogen) atoms. The topological polar surface area (TPSA) is 69.6 Å². The molecule has 118 valence electrons. The van der Waals surface area contributed by atoms with Gasteiger partial charge in [0.2, 0.25) is 5.91 Å². The molecule has 0 aromatic carbocycles. The fourth-order valence-corrected chi connectivity index (χ4v) is 3.00. The number of carbonyl (C=O) groups excluding carboxylic acids is 1. The number of hydrogen-bond donors (Lipinski definition) is 2. The molecule has 0 spiro atoms. The van der Waals surface area contributed by atoms with Crippen LogP contribution in [0.2, 0.25) is 0 Å². The average molecular weight is 329 g/mol. The van der Waals surface area contributed by atoms with E-state index in [0.717, 1.165) is 29.6 Å². The Hall–Kier alpha value is -1.28. The smallest absolute Gasteiger partial charge is 0.243 e. The number of amides is 1. The van der Waals surface area contributed by atoms with Crippen molar-refractivity contribution in [3.8, 4) is 0 Å². The maximum atomic E-state index is 11.5. The summed E-state index contributed by atoms with van der Waals surface area (Å²) in [5.41, 5.74) is 0. The highest BCUT2D eigenvalue weighted by Gasteiger charge is 2.03. The third kappa shape index (κ3) is 7.91. The molecular formula is C13H23N5OS2. The van der Waals surface area contributed by atoms with E-state index in [1.54, 1.807) is 37.2 Å². The Bertz CT molecular complexity index is 434. The quantitative estimate of drug-likeness (QED) is 0.325. The largest absolute Gasteiger partial charge is 0.357 e. The van der Waals surface area contributed by atoms with Crippen molar-refractivity contribution < 1.29 is 4.79 Å². The SMILES string of the molecule is CCNC(=NCC(=O)N(C)C)NCCCSc1nccs1. The fourth-order valence-electron chi connectivity index (χ4n) is 1.35. The molecule has 0 atom stereocenters. The van der Waals surface area contributed by atoms with Crippen molar-refractivity contribution in [3.05, 3.63) is 11.6 Å². The number of likely N-dealkylation sites (N-methyl/N-ethyl adjacent to an activating group) is 1. The summed E-state index contributed by atoms with van der Waals surface area (Å²) >= 11 is 3.42. The average Bonchev–Trinajstić information content (AvgIpc) is 2.96. The van der Waals surface area contributed by atoms with E-state index in [2.05, 4.69) is 20.6 Å². The third-order valence-corrected chi connectivity index (χ3v) is 4.52. The lowest BCUT2D eigenvalue weighted by Gasteiger charge is -2.12. The van der Waals surface area contributed by atoms with E-state index in [1.165, 1.54) is 4.90 Å². The first-order chi connectivity index (χ1) is 10.1. The highest BCUT2D eigenvalue weighted by Crippen LogP contribution is 2.20. The van der Waals surface area contributed by atoms with Gasteiger partial charge in [-0.25, -0.2) is 9.98 Å². The minimum Gasteiger partial charge on any atom is -0.357 e. The summed E-state index contributed by atoms with van der Waals surface area (Å²) < 4.78 is 1.10. The van der Waals surface area contributed by atoms with E-state index in [1.807, 2.05) is 18.5 Å². The maximum absolute atomic E-state index is 11.5. The van der Waals surface area contributed by atoms with E-state index in [0.29, 0.717) is 5.96 Å². The molecular weight excluding hydrogens is 306 g/mol. The first-order valence-corrected chi connectivity index (χ1v) is 8.74. The van der Waals surface area contributed by atoms with Gasteiger partial charge >= 0.3 is 0 Å². The van der Waals surface area contributed by atoms with Gasteiger partial charge in [0.05, 0.1) is 0 Å². The second-order valence-electron chi connectivity index (χ2n) is 4.41. The molecule has 0 aliphatic carbocycles. The van der Waals surface area contributed by atoms with Crippen LogP contribution in [-0.4, -0.2) is 61.2 Å². The Balaban J connectivity index is 2.23. The molecule has 0 unspecified atom stereocenters. The first kappa shape index (κ1) is 17.8. The normalized spacial score (nSPS) is 11.3. The summed E-state index contributed by atoms with van der Waals surface area (Å²) in [6, 6.07) is 0. The zero-order valence-electron chi connectivity index (χ0n) is 12.8. The molecule has 1 aromatic rings. The van der Waals surface area contributed by atoms with Crippen molar-refractivity contribution in [3.63, 3.8) is 0 Å². The molecule has 0 saturated carbocycles. The molecule has 0 saturated heterocycles. The number of aliphatic imine (C=N–C) groups is 1. The van der Waals surface area contributed by atoms with Crippen LogP contribution in [0.5, 0.6) is 0 Å². The minimum absolute atomic E-state index is 0.00784. The van der Waals surface area contributed by atoms with Gasteiger partial charge in [0.15, 0.2) is 5.96 Å². The fraction of sp³-hybridized carbons (Fsp3) is 0.615. The van der Waals surface area contributed by atoms with Crippen LogP contribution in [0.1, 0.15) is 13.3 Å². The number of aromatic nitrogens is 1. The molecule has 1 aromatic heterocycles. The summed E-state index contributed by atoms with van der Waals surface area (Å²) in [5, 5.41) is 8.35. The van der Waals surface area contributed by atoms with Gasteiger partial charge in [-0.1, -0.05) is 11.8 Å². The number of guanidine groups is 1. The van der Waals surface area contributed by atoms with Gasteiger partial charge in [-0.15, -0.1) is 11.3 Å². The number of thiazole rings is 1. The summed E-state index contributed by atoms with van der Waals surface area (Å²) in [6.07, 6.45) is 2.83. The van der Waals surface area contributed by atoms with Crippen LogP contribution in [-0.2, 0) is 4.79 Å². The molecule has 1 rings (SSSR count). The molecule has 2 N–H and O–H groups in total. The molecule has 0 fully saturated rings. The molecule has 1 amide bonds. The van der Waals surface area contributed by atoms with Crippen molar-refractivity contribution in [2.24, 2.45) is 4.99 Å². The predicted octanol–water partition coefficient (Wildman–Crippen LogP) is 1.27. The lowest BCUT2D eigenvalue weighted by molar-refractivity contribution is -0.127. The van der Waals surface area contributed by atoms with Crippen LogP contribution in [0, 0.1) is 0 Å². The van der Waals surface area contributed by atoms with Gasteiger partial charge in [-0.3, -0.25) is 4.79 Å². The molecule has 0 radical (unpaired) electrons. The van der Waals surface area contributed by atoms with Gasteiger partial charge in [-0.05, 0) is 13.3 Å². The molecule has 0 bridgehead atoms. The number of nitrogens with zero attached hydrogens (tertiary/aromatic N) is 3. The Labute approximate surface area is 134 Å². The Morgan fingerprint density at radius 2 is 2.29 bits per heavy atom. The van der Waals surface area contributed by atoms with Crippen molar-refractivity contribution in [2.45, 2.75) is 17.7 Å². The number of hydrogen-bond acceptors (Lipinski definition) is 5.